The predicted octanol–water partition coefficient (Wildman–Crippen LogP) is 0.628. The molecule has 0 aliphatic heterocycles. The number of nitrogens with zero attached hydrogens (tertiary/aromatic N) is 2. The Balaban J connectivity index is 4.25. The molecule has 0 aromatic heterocycles. The van der Waals surface area contributed by atoms with Crippen LogP contribution in [0, 0.1) is 29.6 Å². The van der Waals surface area contributed by atoms with Gasteiger partial charge in [-0.1, -0.05) is 5.92 Å². The van der Waals surface area contributed by atoms with Crippen molar-refractivity contribution in [1.82, 2.24) is 4.90 Å². The molecule has 1 amide bonds. The van der Waals surface area contributed by atoms with Crippen LogP contribution in [0.25, 0.3) is 0 Å². The van der Waals surface area contributed by atoms with Crippen molar-refractivity contribution < 1.29 is 4.79 Å². The summed E-state index contributed by atoms with van der Waals surface area (Å²) in [6, 6.07) is 1.88. The standard InChI is InChI=1S/C9H12N2O/c1-4-6-11(5-2)9(12)8(3)7-10/h1,8H,5-6H2,2-3H3. The van der Waals surface area contributed by atoms with Crippen LogP contribution in [-0.4, -0.2) is 23.9 Å². The smallest absolute Gasteiger partial charge is 0.240 e. The first-order valence-corrected chi connectivity index (χ1v) is 3.79. The molecule has 0 bridgehead atoms. The zero-order valence-corrected chi connectivity index (χ0v) is 7.37. The molecule has 1 atom stereocenters. The summed E-state index contributed by atoms with van der Waals surface area (Å²) in [4.78, 5) is 12.8. The van der Waals surface area contributed by atoms with Crippen LogP contribution < -0.4 is 0 Å². The molecule has 0 aliphatic rings. The highest BCUT2D eigenvalue weighted by molar-refractivity contribution is 5.81. The minimum Gasteiger partial charge on any atom is -0.331 e. The van der Waals surface area contributed by atoms with Crippen LogP contribution in [0.2, 0.25) is 0 Å². The van der Waals surface area contributed by atoms with Crippen molar-refractivity contribution in [2.45, 2.75) is 13.8 Å². The summed E-state index contributed by atoms with van der Waals surface area (Å²) >= 11 is 0. The molecule has 64 valence electrons. The number of hydrogen-bond donors (Lipinski definition) is 0. The first kappa shape index (κ1) is 10.5. The Morgan fingerprint density at radius 2 is 2.33 bits per heavy atom. The van der Waals surface area contributed by atoms with Gasteiger partial charge in [0.25, 0.3) is 0 Å². The van der Waals surface area contributed by atoms with Crippen LogP contribution >= 0.6 is 0 Å². The Hall–Kier alpha value is -1.48. The first-order chi connectivity index (χ1) is 5.67. The molecule has 0 heterocycles. The molecule has 0 spiro atoms. The van der Waals surface area contributed by atoms with Crippen molar-refractivity contribution in [2.75, 3.05) is 13.1 Å². The van der Waals surface area contributed by atoms with E-state index in [1.54, 1.807) is 6.92 Å². The quantitative estimate of drug-likeness (QED) is 0.574. The molecule has 0 aliphatic carbocycles. The van der Waals surface area contributed by atoms with Gasteiger partial charge < -0.3 is 4.90 Å². The second-order valence-corrected chi connectivity index (χ2v) is 2.41. The van der Waals surface area contributed by atoms with E-state index in [0.29, 0.717) is 6.54 Å². The molecular formula is C9H12N2O. The van der Waals surface area contributed by atoms with E-state index in [0.717, 1.165) is 0 Å². The topological polar surface area (TPSA) is 44.1 Å². The molecule has 0 fully saturated rings. The summed E-state index contributed by atoms with van der Waals surface area (Å²) in [5.74, 6) is 1.58. The predicted molar refractivity (Wildman–Crippen MR) is 45.9 cm³/mol. The minimum atomic E-state index is -0.599. The fourth-order valence-electron chi connectivity index (χ4n) is 0.785. The van der Waals surface area contributed by atoms with Crippen molar-refractivity contribution in [2.24, 2.45) is 5.92 Å². The van der Waals surface area contributed by atoms with E-state index in [1.807, 2.05) is 13.0 Å². The van der Waals surface area contributed by atoms with Crippen molar-refractivity contribution in [3.05, 3.63) is 0 Å². The lowest BCUT2D eigenvalue weighted by molar-refractivity contribution is -0.132. The van der Waals surface area contributed by atoms with E-state index in [4.69, 9.17) is 11.7 Å². The number of hydrogen-bond acceptors (Lipinski definition) is 2. The number of amides is 1. The summed E-state index contributed by atoms with van der Waals surface area (Å²) in [5.41, 5.74) is 0. The molecule has 0 N–H and O–H groups in total. The maximum atomic E-state index is 11.3. The molecule has 0 aromatic rings. The van der Waals surface area contributed by atoms with Gasteiger partial charge in [-0.15, -0.1) is 6.42 Å². The van der Waals surface area contributed by atoms with Gasteiger partial charge in [0.15, 0.2) is 0 Å². The maximum Gasteiger partial charge on any atom is 0.240 e. The molecular weight excluding hydrogens is 152 g/mol. The highest BCUT2D eigenvalue weighted by Crippen LogP contribution is 1.99. The molecule has 0 saturated carbocycles. The third-order valence-electron chi connectivity index (χ3n) is 1.54. The number of carbonyl (C=O) groups excluding carboxylic acids is 1. The second kappa shape index (κ2) is 5.21. The molecule has 12 heavy (non-hydrogen) atoms. The van der Waals surface area contributed by atoms with Crippen molar-refractivity contribution in [3.8, 4) is 18.4 Å². The summed E-state index contributed by atoms with van der Waals surface area (Å²) in [6.45, 7) is 4.23. The Morgan fingerprint density at radius 1 is 1.75 bits per heavy atom. The molecule has 3 nitrogen and oxygen atoms in total. The largest absolute Gasteiger partial charge is 0.331 e. The summed E-state index contributed by atoms with van der Waals surface area (Å²) in [6.07, 6.45) is 5.06. The number of rotatable bonds is 3. The lowest BCUT2D eigenvalue weighted by Gasteiger charge is -2.18. The third-order valence-corrected chi connectivity index (χ3v) is 1.54. The van der Waals surface area contributed by atoms with E-state index in [2.05, 4.69) is 5.92 Å². The van der Waals surface area contributed by atoms with E-state index >= 15 is 0 Å². The average Bonchev–Trinajstić information content (AvgIpc) is 2.11. The summed E-state index contributed by atoms with van der Waals surface area (Å²) < 4.78 is 0. The average molecular weight is 164 g/mol. The Morgan fingerprint density at radius 3 is 2.67 bits per heavy atom. The van der Waals surface area contributed by atoms with Gasteiger partial charge in [-0.25, -0.2) is 0 Å². The highest BCUT2D eigenvalue weighted by Gasteiger charge is 2.17. The molecule has 0 aromatic carbocycles. The zero-order valence-electron chi connectivity index (χ0n) is 7.37. The SMILES string of the molecule is C#CCN(CC)C(=O)C(C)C#N. The van der Waals surface area contributed by atoms with Crippen molar-refractivity contribution in [3.63, 3.8) is 0 Å². The Bertz CT molecular complexity index is 234. The van der Waals surface area contributed by atoms with Crippen LogP contribution in [0.5, 0.6) is 0 Å². The van der Waals surface area contributed by atoms with Gasteiger partial charge in [0.1, 0.15) is 5.92 Å². The van der Waals surface area contributed by atoms with Gasteiger partial charge in [-0.2, -0.15) is 5.26 Å². The summed E-state index contributed by atoms with van der Waals surface area (Å²) in [5, 5.41) is 8.47. The van der Waals surface area contributed by atoms with Crippen molar-refractivity contribution >= 4 is 5.91 Å². The van der Waals surface area contributed by atoms with E-state index in [1.165, 1.54) is 4.90 Å². The Labute approximate surface area is 73.0 Å². The van der Waals surface area contributed by atoms with Gasteiger partial charge in [-0.3, -0.25) is 4.79 Å². The van der Waals surface area contributed by atoms with Gasteiger partial charge in [0.2, 0.25) is 5.91 Å². The Kier molecular flexibility index (Phi) is 4.57. The number of terminal acetylenes is 1. The van der Waals surface area contributed by atoms with Crippen molar-refractivity contribution in [1.29, 1.82) is 5.26 Å². The van der Waals surface area contributed by atoms with Gasteiger partial charge >= 0.3 is 0 Å². The first-order valence-electron chi connectivity index (χ1n) is 3.79. The van der Waals surface area contributed by atoms with Crippen LogP contribution in [-0.2, 0) is 4.79 Å². The molecule has 0 saturated heterocycles. The lowest BCUT2D eigenvalue weighted by atomic mass is 10.2. The van der Waals surface area contributed by atoms with E-state index in [9.17, 15) is 4.79 Å². The van der Waals surface area contributed by atoms with Gasteiger partial charge in [0, 0.05) is 6.54 Å². The second-order valence-electron chi connectivity index (χ2n) is 2.41. The molecule has 0 rings (SSSR count). The third kappa shape index (κ3) is 2.64. The molecule has 0 radical (unpaired) electrons. The summed E-state index contributed by atoms with van der Waals surface area (Å²) in [7, 11) is 0. The molecule has 1 unspecified atom stereocenters. The lowest BCUT2D eigenvalue weighted by Crippen LogP contribution is -2.34. The van der Waals surface area contributed by atoms with Gasteiger partial charge in [0.05, 0.1) is 12.6 Å². The fraction of sp³-hybridized carbons (Fsp3) is 0.556. The molecule has 3 heteroatoms. The zero-order chi connectivity index (χ0) is 9.56. The van der Waals surface area contributed by atoms with Crippen LogP contribution in [0.15, 0.2) is 0 Å². The van der Waals surface area contributed by atoms with Gasteiger partial charge in [-0.05, 0) is 13.8 Å². The maximum absolute atomic E-state index is 11.3. The van der Waals surface area contributed by atoms with E-state index < -0.39 is 5.92 Å². The minimum absolute atomic E-state index is 0.196. The van der Waals surface area contributed by atoms with Crippen LogP contribution in [0.4, 0.5) is 0 Å². The number of nitriles is 1. The normalized spacial score (nSPS) is 11.0. The van der Waals surface area contributed by atoms with Crippen LogP contribution in [0.3, 0.4) is 0 Å². The fourth-order valence-corrected chi connectivity index (χ4v) is 0.785. The number of carbonyl (C=O) groups is 1. The monoisotopic (exact) mass is 164 g/mol. The van der Waals surface area contributed by atoms with E-state index in [-0.39, 0.29) is 12.5 Å². The van der Waals surface area contributed by atoms with Crippen LogP contribution in [0.1, 0.15) is 13.8 Å². The highest BCUT2D eigenvalue weighted by atomic mass is 16.2.